The molecule has 110 valence electrons. The first-order chi connectivity index (χ1) is 9.41. The number of anilines is 1. The van der Waals surface area contributed by atoms with E-state index in [2.05, 4.69) is 5.32 Å². The second-order valence-electron chi connectivity index (χ2n) is 4.40. The summed E-state index contributed by atoms with van der Waals surface area (Å²) in [6.07, 6.45) is -4.41. The second-order valence-corrected chi connectivity index (χ2v) is 4.40. The fourth-order valence-corrected chi connectivity index (χ4v) is 2.04. The monoisotopic (exact) mass is 288 g/mol. The molecule has 1 N–H and O–H groups in total. The van der Waals surface area contributed by atoms with Crippen molar-refractivity contribution in [3.05, 3.63) is 23.8 Å². The molecular formula is C13H15F3N2O2. The van der Waals surface area contributed by atoms with Crippen molar-refractivity contribution in [1.29, 1.82) is 0 Å². The molecule has 0 aliphatic carbocycles. The fourth-order valence-electron chi connectivity index (χ4n) is 2.04. The summed E-state index contributed by atoms with van der Waals surface area (Å²) in [7, 11) is 0. The number of nitrogens with one attached hydrogen (secondary N) is 1. The summed E-state index contributed by atoms with van der Waals surface area (Å²) < 4.78 is 43.5. The lowest BCUT2D eigenvalue weighted by Gasteiger charge is -2.31. The molecule has 0 atom stereocenters. The minimum atomic E-state index is -4.41. The van der Waals surface area contributed by atoms with Gasteiger partial charge in [-0.05, 0) is 25.1 Å². The maximum Gasteiger partial charge on any atom is 0.416 e. The molecule has 0 aromatic heterocycles. The normalized spacial score (nSPS) is 14.5. The van der Waals surface area contributed by atoms with Gasteiger partial charge in [0.2, 0.25) is 5.91 Å². The summed E-state index contributed by atoms with van der Waals surface area (Å²) in [6, 6.07) is 3.30. The van der Waals surface area contributed by atoms with Crippen molar-refractivity contribution in [2.45, 2.75) is 13.1 Å². The van der Waals surface area contributed by atoms with Crippen molar-refractivity contribution in [1.82, 2.24) is 5.32 Å². The topological polar surface area (TPSA) is 41.6 Å². The van der Waals surface area contributed by atoms with Crippen LogP contribution in [0.5, 0.6) is 5.75 Å². The molecular weight excluding hydrogens is 273 g/mol. The highest BCUT2D eigenvalue weighted by atomic mass is 19.4. The van der Waals surface area contributed by atoms with E-state index >= 15 is 0 Å². The van der Waals surface area contributed by atoms with Crippen molar-refractivity contribution in [3.8, 4) is 5.75 Å². The lowest BCUT2D eigenvalue weighted by Crippen LogP contribution is -2.41. The summed E-state index contributed by atoms with van der Waals surface area (Å²) in [5, 5.41) is 2.62. The predicted octanol–water partition coefficient (Wildman–Crippen LogP) is 2.04. The Morgan fingerprint density at radius 1 is 1.45 bits per heavy atom. The van der Waals surface area contributed by atoms with Crippen LogP contribution in [0, 0.1) is 0 Å². The molecule has 4 nitrogen and oxygen atoms in total. The molecule has 0 fully saturated rings. The van der Waals surface area contributed by atoms with Crippen molar-refractivity contribution in [3.63, 3.8) is 0 Å². The number of hydrogen-bond acceptors (Lipinski definition) is 3. The van der Waals surface area contributed by atoms with Gasteiger partial charge in [-0.3, -0.25) is 4.79 Å². The highest BCUT2D eigenvalue weighted by Crippen LogP contribution is 2.38. The number of amides is 1. The van der Waals surface area contributed by atoms with Gasteiger partial charge in [0.05, 0.1) is 24.3 Å². The van der Waals surface area contributed by atoms with Gasteiger partial charge in [-0.25, -0.2) is 0 Å². The number of carbonyl (C=O) groups excluding carboxylic acids is 1. The Hall–Kier alpha value is -1.92. The predicted molar refractivity (Wildman–Crippen MR) is 67.8 cm³/mol. The molecule has 2 rings (SSSR count). The van der Waals surface area contributed by atoms with Gasteiger partial charge >= 0.3 is 6.18 Å². The number of likely N-dealkylation sites (N-methyl/N-ethyl adjacent to an activating group) is 1. The molecule has 1 aromatic rings. The number of nitrogens with zero attached hydrogens (tertiary/aromatic N) is 1. The van der Waals surface area contributed by atoms with E-state index in [0.29, 0.717) is 31.1 Å². The van der Waals surface area contributed by atoms with Crippen LogP contribution in [0.2, 0.25) is 0 Å². The average Bonchev–Trinajstić information content (AvgIpc) is 2.38. The molecule has 20 heavy (non-hydrogen) atoms. The Kier molecular flexibility index (Phi) is 4.06. The van der Waals surface area contributed by atoms with Crippen LogP contribution in [0.15, 0.2) is 18.2 Å². The van der Waals surface area contributed by atoms with E-state index in [1.807, 2.05) is 0 Å². The molecule has 1 heterocycles. The molecule has 0 saturated carbocycles. The van der Waals surface area contributed by atoms with E-state index in [-0.39, 0.29) is 12.5 Å². The van der Waals surface area contributed by atoms with Crippen LogP contribution in [0.25, 0.3) is 0 Å². The number of halogens is 3. The molecule has 0 radical (unpaired) electrons. The number of carbonyl (C=O) groups is 1. The first-order valence-electron chi connectivity index (χ1n) is 6.27. The largest absolute Gasteiger partial charge is 0.490 e. The van der Waals surface area contributed by atoms with E-state index in [1.54, 1.807) is 11.8 Å². The third-order valence-corrected chi connectivity index (χ3v) is 2.95. The van der Waals surface area contributed by atoms with Crippen molar-refractivity contribution in [2.24, 2.45) is 0 Å². The van der Waals surface area contributed by atoms with Gasteiger partial charge in [-0.15, -0.1) is 0 Å². The molecule has 1 aromatic carbocycles. The molecule has 1 aliphatic heterocycles. The number of fused-ring (bicyclic) bond motifs is 1. The molecule has 7 heteroatoms. The SMILES string of the molecule is CCNC(=O)CN1CCOc2ccc(C(F)(F)F)cc21. The van der Waals surface area contributed by atoms with Crippen LogP contribution < -0.4 is 15.0 Å². The summed E-state index contributed by atoms with van der Waals surface area (Å²) in [4.78, 5) is 13.2. The Bertz CT molecular complexity index is 503. The van der Waals surface area contributed by atoms with Gasteiger partial charge < -0.3 is 15.0 Å². The average molecular weight is 288 g/mol. The summed E-state index contributed by atoms with van der Waals surface area (Å²) in [5.74, 6) is 0.145. The summed E-state index contributed by atoms with van der Waals surface area (Å²) >= 11 is 0. The summed E-state index contributed by atoms with van der Waals surface area (Å²) in [6.45, 7) is 3.01. The van der Waals surface area contributed by atoms with Gasteiger partial charge in [0, 0.05) is 6.54 Å². The molecule has 0 bridgehead atoms. The lowest BCUT2D eigenvalue weighted by atomic mass is 10.1. The van der Waals surface area contributed by atoms with E-state index in [4.69, 9.17) is 4.74 Å². The maximum atomic E-state index is 12.7. The Morgan fingerprint density at radius 3 is 2.85 bits per heavy atom. The smallest absolute Gasteiger partial charge is 0.416 e. The van der Waals surface area contributed by atoms with Crippen LogP contribution in [0.1, 0.15) is 12.5 Å². The zero-order chi connectivity index (χ0) is 14.8. The van der Waals surface area contributed by atoms with E-state index < -0.39 is 11.7 Å². The summed E-state index contributed by atoms with van der Waals surface area (Å²) in [5.41, 5.74) is -0.444. The van der Waals surface area contributed by atoms with Crippen molar-refractivity contribution >= 4 is 11.6 Å². The maximum absolute atomic E-state index is 12.7. The first-order valence-corrected chi connectivity index (χ1v) is 6.27. The van der Waals surface area contributed by atoms with Gasteiger partial charge in [0.15, 0.2) is 0 Å². The number of ether oxygens (including phenoxy) is 1. The fraction of sp³-hybridized carbons (Fsp3) is 0.462. The molecule has 1 aliphatic rings. The molecule has 1 amide bonds. The molecule has 0 saturated heterocycles. The zero-order valence-electron chi connectivity index (χ0n) is 11.0. The number of alkyl halides is 3. The van der Waals surface area contributed by atoms with Crippen LogP contribution in [-0.4, -0.2) is 32.1 Å². The Morgan fingerprint density at radius 2 is 2.20 bits per heavy atom. The van der Waals surface area contributed by atoms with Crippen molar-refractivity contribution in [2.75, 3.05) is 31.1 Å². The van der Waals surface area contributed by atoms with Crippen molar-refractivity contribution < 1.29 is 22.7 Å². The first kappa shape index (κ1) is 14.5. The van der Waals surface area contributed by atoms with Crippen LogP contribution in [-0.2, 0) is 11.0 Å². The Labute approximate surface area is 114 Å². The number of rotatable bonds is 3. The van der Waals surface area contributed by atoms with Gasteiger partial charge in [-0.2, -0.15) is 13.2 Å². The second kappa shape index (κ2) is 5.60. The Balaban J connectivity index is 2.26. The number of benzene rings is 1. The van der Waals surface area contributed by atoms with Gasteiger partial charge in [-0.1, -0.05) is 0 Å². The highest BCUT2D eigenvalue weighted by Gasteiger charge is 2.32. The zero-order valence-corrected chi connectivity index (χ0v) is 11.0. The molecule has 0 spiro atoms. The lowest BCUT2D eigenvalue weighted by molar-refractivity contribution is -0.137. The van der Waals surface area contributed by atoms with Gasteiger partial charge in [0.25, 0.3) is 0 Å². The van der Waals surface area contributed by atoms with Crippen LogP contribution in [0.3, 0.4) is 0 Å². The van der Waals surface area contributed by atoms with E-state index in [0.717, 1.165) is 12.1 Å². The van der Waals surface area contributed by atoms with E-state index in [9.17, 15) is 18.0 Å². The van der Waals surface area contributed by atoms with E-state index in [1.165, 1.54) is 6.07 Å². The minimum absolute atomic E-state index is 0.0194. The van der Waals surface area contributed by atoms with Crippen LogP contribution >= 0.6 is 0 Å². The highest BCUT2D eigenvalue weighted by molar-refractivity contribution is 5.82. The van der Waals surface area contributed by atoms with Gasteiger partial charge in [0.1, 0.15) is 12.4 Å². The molecule has 0 unspecified atom stereocenters. The quantitative estimate of drug-likeness (QED) is 0.925. The standard InChI is InChI=1S/C13H15F3N2O2/c1-2-17-12(19)8-18-5-6-20-11-4-3-9(7-10(11)18)13(14,15)16/h3-4,7H,2,5-6,8H2,1H3,(H,17,19). The third-order valence-electron chi connectivity index (χ3n) is 2.95. The number of hydrogen-bond donors (Lipinski definition) is 1. The minimum Gasteiger partial charge on any atom is -0.490 e. The third kappa shape index (κ3) is 3.15. The van der Waals surface area contributed by atoms with Crippen LogP contribution in [0.4, 0.5) is 18.9 Å².